The zero-order valence-electron chi connectivity index (χ0n) is 14.1. The van der Waals surface area contributed by atoms with E-state index in [1.54, 1.807) is 0 Å². The Morgan fingerprint density at radius 2 is 2.00 bits per heavy atom. The van der Waals surface area contributed by atoms with Crippen LogP contribution in [0.4, 0.5) is 0 Å². The van der Waals surface area contributed by atoms with E-state index >= 15 is 0 Å². The highest BCUT2D eigenvalue weighted by Crippen LogP contribution is 2.23. The Morgan fingerprint density at radius 3 is 2.65 bits per heavy atom. The number of carbonyl (C=O) groups excluding carboxylic acids is 1. The summed E-state index contributed by atoms with van der Waals surface area (Å²) in [5.41, 5.74) is 2.75. The highest BCUT2D eigenvalue weighted by atomic mass is 16.5. The Kier molecular flexibility index (Phi) is 5.68. The lowest BCUT2D eigenvalue weighted by Crippen LogP contribution is -2.51. The molecule has 2 fully saturated rings. The predicted octanol–water partition coefficient (Wildman–Crippen LogP) is 2.15. The number of nitrogens with one attached hydrogen (secondary N) is 1. The van der Waals surface area contributed by atoms with Gasteiger partial charge >= 0.3 is 0 Å². The summed E-state index contributed by atoms with van der Waals surface area (Å²) in [7, 11) is 0. The number of likely N-dealkylation sites (tertiary alicyclic amines) is 1. The van der Waals surface area contributed by atoms with Crippen LogP contribution in [-0.4, -0.2) is 49.7 Å². The van der Waals surface area contributed by atoms with Crippen molar-refractivity contribution in [3.8, 4) is 0 Å². The molecule has 4 heteroatoms. The first-order valence-electron chi connectivity index (χ1n) is 8.89. The number of piperidine rings is 1. The van der Waals surface area contributed by atoms with Crippen LogP contribution in [0.1, 0.15) is 30.4 Å². The number of amides is 1. The van der Waals surface area contributed by atoms with E-state index in [4.69, 9.17) is 4.74 Å². The molecule has 0 bridgehead atoms. The summed E-state index contributed by atoms with van der Waals surface area (Å²) in [6.07, 6.45) is 4.35. The predicted molar refractivity (Wildman–Crippen MR) is 91.4 cm³/mol. The maximum absolute atomic E-state index is 12.4. The maximum atomic E-state index is 12.4. The minimum Gasteiger partial charge on any atom is -0.366 e. The van der Waals surface area contributed by atoms with Gasteiger partial charge in [0.2, 0.25) is 0 Å². The second kappa shape index (κ2) is 7.93. The molecule has 126 valence electrons. The molecule has 1 aromatic rings. The van der Waals surface area contributed by atoms with Crippen molar-refractivity contribution < 1.29 is 9.53 Å². The summed E-state index contributed by atoms with van der Waals surface area (Å²) in [6.45, 7) is 6.05. The van der Waals surface area contributed by atoms with Gasteiger partial charge < -0.3 is 15.0 Å². The number of hydrogen-bond acceptors (Lipinski definition) is 3. The van der Waals surface area contributed by atoms with Crippen molar-refractivity contribution in [1.29, 1.82) is 0 Å². The SMILES string of the molecule is Cc1ccc(CCC2CCN(C(=O)C3CNCCO3)CC2)cc1. The summed E-state index contributed by atoms with van der Waals surface area (Å²) < 4.78 is 5.58. The molecule has 4 nitrogen and oxygen atoms in total. The first kappa shape index (κ1) is 16.5. The lowest BCUT2D eigenvalue weighted by atomic mass is 9.90. The van der Waals surface area contributed by atoms with Gasteiger partial charge in [-0.25, -0.2) is 0 Å². The number of benzene rings is 1. The third-order valence-corrected chi connectivity index (χ3v) is 5.09. The molecule has 1 unspecified atom stereocenters. The van der Waals surface area contributed by atoms with Gasteiger partial charge in [0.1, 0.15) is 6.10 Å². The van der Waals surface area contributed by atoms with Gasteiger partial charge in [0, 0.05) is 26.2 Å². The van der Waals surface area contributed by atoms with Crippen molar-refractivity contribution in [2.45, 2.75) is 38.7 Å². The van der Waals surface area contributed by atoms with Crippen LogP contribution >= 0.6 is 0 Å². The van der Waals surface area contributed by atoms with Crippen LogP contribution in [0.2, 0.25) is 0 Å². The molecule has 0 aromatic heterocycles. The van der Waals surface area contributed by atoms with Gasteiger partial charge in [0.15, 0.2) is 0 Å². The van der Waals surface area contributed by atoms with E-state index in [-0.39, 0.29) is 12.0 Å². The highest BCUT2D eigenvalue weighted by Gasteiger charge is 2.29. The fraction of sp³-hybridized carbons (Fsp3) is 0.632. The summed E-state index contributed by atoms with van der Waals surface area (Å²) in [5.74, 6) is 0.917. The fourth-order valence-electron chi connectivity index (χ4n) is 3.50. The molecule has 2 heterocycles. The van der Waals surface area contributed by atoms with E-state index in [9.17, 15) is 4.79 Å². The second-order valence-corrected chi connectivity index (χ2v) is 6.86. The number of aryl methyl sites for hydroxylation is 2. The van der Waals surface area contributed by atoms with Gasteiger partial charge in [-0.1, -0.05) is 29.8 Å². The number of nitrogens with zero attached hydrogens (tertiary/aromatic N) is 1. The summed E-state index contributed by atoms with van der Waals surface area (Å²) >= 11 is 0. The van der Waals surface area contributed by atoms with E-state index in [0.717, 1.165) is 44.8 Å². The summed E-state index contributed by atoms with van der Waals surface area (Å²) in [4.78, 5) is 14.4. The first-order chi connectivity index (χ1) is 11.2. The lowest BCUT2D eigenvalue weighted by Gasteiger charge is -2.35. The topological polar surface area (TPSA) is 41.6 Å². The molecule has 1 amide bonds. The summed E-state index contributed by atoms with van der Waals surface area (Å²) in [5, 5.41) is 3.23. The minimum absolute atomic E-state index is 0.175. The van der Waals surface area contributed by atoms with Crippen molar-refractivity contribution in [2.75, 3.05) is 32.8 Å². The molecule has 1 atom stereocenters. The van der Waals surface area contributed by atoms with E-state index < -0.39 is 0 Å². The lowest BCUT2D eigenvalue weighted by molar-refractivity contribution is -0.146. The van der Waals surface area contributed by atoms with Crippen LogP contribution in [0, 0.1) is 12.8 Å². The standard InChI is InChI=1S/C19H28N2O2/c1-15-2-4-16(5-3-15)6-7-17-8-11-21(12-9-17)19(22)18-14-20-10-13-23-18/h2-5,17-18,20H,6-14H2,1H3. The molecular formula is C19H28N2O2. The molecule has 2 aliphatic rings. The normalized spacial score (nSPS) is 23.0. The molecule has 0 aliphatic carbocycles. The summed E-state index contributed by atoms with van der Waals surface area (Å²) in [6, 6.07) is 8.85. The smallest absolute Gasteiger partial charge is 0.253 e. The van der Waals surface area contributed by atoms with E-state index in [1.165, 1.54) is 17.5 Å². The van der Waals surface area contributed by atoms with Crippen molar-refractivity contribution in [3.63, 3.8) is 0 Å². The zero-order valence-corrected chi connectivity index (χ0v) is 14.1. The highest BCUT2D eigenvalue weighted by molar-refractivity contribution is 5.81. The van der Waals surface area contributed by atoms with Gasteiger partial charge in [0.05, 0.1) is 6.61 Å². The Bertz CT molecular complexity index is 501. The third-order valence-electron chi connectivity index (χ3n) is 5.09. The van der Waals surface area contributed by atoms with Crippen molar-refractivity contribution in [3.05, 3.63) is 35.4 Å². The van der Waals surface area contributed by atoms with Gasteiger partial charge in [-0.05, 0) is 44.1 Å². The number of morpholine rings is 1. The number of ether oxygens (including phenoxy) is 1. The second-order valence-electron chi connectivity index (χ2n) is 6.86. The van der Waals surface area contributed by atoms with Crippen LogP contribution in [0.15, 0.2) is 24.3 Å². The molecule has 2 aliphatic heterocycles. The molecule has 0 saturated carbocycles. The van der Waals surface area contributed by atoms with Crippen molar-refractivity contribution in [2.24, 2.45) is 5.92 Å². The third kappa shape index (κ3) is 4.55. The van der Waals surface area contributed by atoms with Crippen LogP contribution < -0.4 is 5.32 Å². The van der Waals surface area contributed by atoms with Crippen molar-refractivity contribution in [1.82, 2.24) is 10.2 Å². The molecular weight excluding hydrogens is 288 g/mol. The largest absolute Gasteiger partial charge is 0.366 e. The quantitative estimate of drug-likeness (QED) is 0.925. The Labute approximate surface area is 139 Å². The number of rotatable bonds is 4. The van der Waals surface area contributed by atoms with Crippen molar-refractivity contribution >= 4 is 5.91 Å². The molecule has 2 saturated heterocycles. The Hall–Kier alpha value is -1.39. The molecule has 0 radical (unpaired) electrons. The average Bonchev–Trinajstić information content (AvgIpc) is 2.62. The Morgan fingerprint density at radius 1 is 1.26 bits per heavy atom. The average molecular weight is 316 g/mol. The fourth-order valence-corrected chi connectivity index (χ4v) is 3.50. The van der Waals surface area contributed by atoms with Crippen LogP contribution in [0.25, 0.3) is 0 Å². The van der Waals surface area contributed by atoms with Gasteiger partial charge in [-0.3, -0.25) is 4.79 Å². The van der Waals surface area contributed by atoms with Crippen LogP contribution in [0.3, 0.4) is 0 Å². The van der Waals surface area contributed by atoms with Crippen LogP contribution in [0.5, 0.6) is 0 Å². The first-order valence-corrected chi connectivity index (χ1v) is 8.89. The molecule has 0 spiro atoms. The molecule has 1 N–H and O–H groups in total. The molecule has 3 rings (SSSR count). The van der Waals surface area contributed by atoms with E-state index in [2.05, 4.69) is 36.5 Å². The molecule has 23 heavy (non-hydrogen) atoms. The van der Waals surface area contributed by atoms with E-state index in [1.807, 2.05) is 4.90 Å². The maximum Gasteiger partial charge on any atom is 0.253 e. The zero-order chi connectivity index (χ0) is 16.1. The van der Waals surface area contributed by atoms with Gasteiger partial charge in [-0.15, -0.1) is 0 Å². The number of hydrogen-bond donors (Lipinski definition) is 1. The minimum atomic E-state index is -0.271. The van der Waals surface area contributed by atoms with Gasteiger partial charge in [-0.2, -0.15) is 0 Å². The monoisotopic (exact) mass is 316 g/mol. The van der Waals surface area contributed by atoms with Gasteiger partial charge in [0.25, 0.3) is 5.91 Å². The number of carbonyl (C=O) groups is 1. The Balaban J connectivity index is 1.41. The molecule has 1 aromatic carbocycles. The van der Waals surface area contributed by atoms with E-state index in [0.29, 0.717) is 13.2 Å². The van der Waals surface area contributed by atoms with Crippen LogP contribution in [-0.2, 0) is 16.0 Å².